The van der Waals surface area contributed by atoms with E-state index in [1.807, 2.05) is 33.8 Å². The van der Waals surface area contributed by atoms with Crippen molar-refractivity contribution in [1.82, 2.24) is 20.4 Å². The molecule has 30 heavy (non-hydrogen) atoms. The fourth-order valence-electron chi connectivity index (χ4n) is 2.75. The minimum atomic E-state index is 0.594. The Morgan fingerprint density at radius 1 is 0.733 bits per heavy atom. The summed E-state index contributed by atoms with van der Waals surface area (Å²) < 4.78 is 0. The van der Waals surface area contributed by atoms with Crippen molar-refractivity contribution < 1.29 is 0 Å². The molecule has 3 rings (SSSR count). The van der Waals surface area contributed by atoms with E-state index in [4.69, 9.17) is 0 Å². The average molecular weight is 433 g/mol. The minimum absolute atomic E-state index is 0.594. The zero-order chi connectivity index (χ0) is 21.7. The molecule has 8 heteroatoms. The first-order valence-electron chi connectivity index (χ1n) is 9.26. The Balaban J connectivity index is 1.71. The van der Waals surface area contributed by atoms with Gasteiger partial charge in [0.2, 0.25) is 0 Å². The zero-order valence-electron chi connectivity index (χ0n) is 17.2. The Bertz CT molecular complexity index is 1090. The molecule has 0 aliphatic rings. The minimum Gasteiger partial charge on any atom is -0.192 e. The van der Waals surface area contributed by atoms with Gasteiger partial charge in [-0.3, -0.25) is 0 Å². The summed E-state index contributed by atoms with van der Waals surface area (Å²) in [5, 5.41) is 36.9. The van der Waals surface area contributed by atoms with Crippen LogP contribution in [0.3, 0.4) is 0 Å². The summed E-state index contributed by atoms with van der Waals surface area (Å²) in [6.07, 6.45) is 0. The maximum absolute atomic E-state index is 9.45. The molecule has 0 aliphatic carbocycles. The highest BCUT2D eigenvalue weighted by Crippen LogP contribution is 2.29. The molecular weight excluding hydrogens is 412 g/mol. The average Bonchev–Trinajstić information content (AvgIpc) is 2.75. The summed E-state index contributed by atoms with van der Waals surface area (Å²) in [5.41, 5.74) is 6.77. The van der Waals surface area contributed by atoms with E-state index in [1.54, 1.807) is 0 Å². The van der Waals surface area contributed by atoms with Gasteiger partial charge < -0.3 is 0 Å². The monoisotopic (exact) mass is 432 g/mol. The number of rotatable bonds is 6. The molecule has 1 aromatic carbocycles. The Morgan fingerprint density at radius 3 is 1.57 bits per heavy atom. The zero-order valence-corrected chi connectivity index (χ0v) is 18.9. The molecule has 0 unspecified atom stereocenters. The maximum Gasteiger partial charge on any atom is 0.137 e. The van der Waals surface area contributed by atoms with Gasteiger partial charge in [0, 0.05) is 11.5 Å². The second kappa shape index (κ2) is 9.71. The van der Waals surface area contributed by atoms with E-state index in [0.29, 0.717) is 32.7 Å². The molecule has 0 saturated carbocycles. The van der Waals surface area contributed by atoms with Gasteiger partial charge in [0.05, 0.1) is 22.5 Å². The third-order valence-electron chi connectivity index (χ3n) is 4.81. The molecule has 2 heterocycles. The molecule has 3 aromatic rings. The van der Waals surface area contributed by atoms with Crippen LogP contribution in [0.15, 0.2) is 34.3 Å². The van der Waals surface area contributed by atoms with Crippen LogP contribution in [0.25, 0.3) is 0 Å². The van der Waals surface area contributed by atoms with E-state index in [2.05, 4.69) is 50.7 Å². The van der Waals surface area contributed by atoms with E-state index < -0.39 is 0 Å². The topological polar surface area (TPSA) is 99.1 Å². The van der Waals surface area contributed by atoms with Gasteiger partial charge >= 0.3 is 0 Å². The van der Waals surface area contributed by atoms with Crippen molar-refractivity contribution >= 4 is 23.5 Å². The third-order valence-corrected chi connectivity index (χ3v) is 6.88. The van der Waals surface area contributed by atoms with Gasteiger partial charge in [0.1, 0.15) is 22.2 Å². The molecule has 0 N–H and O–H groups in total. The summed E-state index contributed by atoms with van der Waals surface area (Å²) in [4.78, 5) is 0. The van der Waals surface area contributed by atoms with Crippen LogP contribution in [-0.4, -0.2) is 20.4 Å². The van der Waals surface area contributed by atoms with Gasteiger partial charge in [-0.05, 0) is 49.9 Å². The Hall–Kier alpha value is -2.94. The number of thioether (sulfide) groups is 2. The van der Waals surface area contributed by atoms with Crippen LogP contribution >= 0.6 is 23.5 Å². The quantitative estimate of drug-likeness (QED) is 0.511. The Morgan fingerprint density at radius 2 is 1.17 bits per heavy atom. The first-order valence-corrected chi connectivity index (χ1v) is 11.2. The number of aryl methyl sites for hydroxylation is 2. The normalized spacial score (nSPS) is 10.5. The van der Waals surface area contributed by atoms with Crippen molar-refractivity contribution in [2.45, 2.75) is 49.3 Å². The number of nitrogens with zero attached hydrogens (tertiary/aromatic N) is 6. The number of hydrogen-bond donors (Lipinski definition) is 0. The standard InChI is InChI=1S/C22H20N6S2/c1-13-15(3)25-27-21(19(13)9-23)29-11-17-6-5-7-18(8-17)12-30-22-20(10-24)14(2)16(4)26-28-22/h5-8H,11-12H2,1-4H3. The van der Waals surface area contributed by atoms with Gasteiger partial charge in [-0.25, -0.2) is 0 Å². The lowest BCUT2D eigenvalue weighted by Crippen LogP contribution is -1.99. The molecule has 150 valence electrons. The SMILES string of the molecule is Cc1nnc(SCc2cccc(CSc3nnc(C)c(C)c3C#N)c2)c(C#N)c1C. The van der Waals surface area contributed by atoms with E-state index >= 15 is 0 Å². The fourth-order valence-corrected chi connectivity index (χ4v) is 4.60. The van der Waals surface area contributed by atoms with Crippen LogP contribution < -0.4 is 0 Å². The molecule has 0 aliphatic heterocycles. The first kappa shape index (κ1) is 21.8. The molecule has 2 aromatic heterocycles. The Labute approximate surface area is 184 Å². The van der Waals surface area contributed by atoms with Crippen molar-refractivity contribution in [2.75, 3.05) is 0 Å². The summed E-state index contributed by atoms with van der Waals surface area (Å²) >= 11 is 3.02. The van der Waals surface area contributed by atoms with Crippen LogP contribution in [0.1, 0.15) is 44.8 Å². The highest BCUT2D eigenvalue weighted by molar-refractivity contribution is 7.98. The van der Waals surface area contributed by atoms with Gasteiger partial charge in [-0.15, -0.1) is 10.2 Å². The highest BCUT2D eigenvalue weighted by Gasteiger charge is 2.13. The lowest BCUT2D eigenvalue weighted by Gasteiger charge is -2.09. The van der Waals surface area contributed by atoms with Crippen molar-refractivity contribution in [3.05, 3.63) is 69.0 Å². The molecule has 0 amide bonds. The molecule has 6 nitrogen and oxygen atoms in total. The van der Waals surface area contributed by atoms with Crippen LogP contribution in [0, 0.1) is 50.4 Å². The molecule has 0 bridgehead atoms. The summed E-state index contributed by atoms with van der Waals surface area (Å²) in [6.45, 7) is 7.51. The summed E-state index contributed by atoms with van der Waals surface area (Å²) in [7, 11) is 0. The van der Waals surface area contributed by atoms with Gasteiger partial charge in [-0.1, -0.05) is 47.8 Å². The van der Waals surface area contributed by atoms with Crippen molar-refractivity contribution in [2.24, 2.45) is 0 Å². The van der Waals surface area contributed by atoms with E-state index in [0.717, 1.165) is 33.6 Å². The van der Waals surface area contributed by atoms with Crippen LogP contribution in [0.2, 0.25) is 0 Å². The fraction of sp³-hybridized carbons (Fsp3) is 0.273. The van der Waals surface area contributed by atoms with Crippen LogP contribution in [-0.2, 0) is 11.5 Å². The van der Waals surface area contributed by atoms with Gasteiger partial charge in [0.25, 0.3) is 0 Å². The highest BCUT2D eigenvalue weighted by atomic mass is 32.2. The van der Waals surface area contributed by atoms with Gasteiger partial charge in [-0.2, -0.15) is 20.7 Å². The number of aromatic nitrogens is 4. The predicted octanol–water partition coefficient (Wildman–Crippen LogP) is 4.83. The third kappa shape index (κ3) is 4.79. The predicted molar refractivity (Wildman–Crippen MR) is 118 cm³/mol. The lowest BCUT2D eigenvalue weighted by atomic mass is 10.1. The van der Waals surface area contributed by atoms with Crippen LogP contribution in [0.5, 0.6) is 0 Å². The molecule has 0 radical (unpaired) electrons. The van der Waals surface area contributed by atoms with Crippen LogP contribution in [0.4, 0.5) is 0 Å². The molecular formula is C22H20N6S2. The van der Waals surface area contributed by atoms with Gasteiger partial charge in [0.15, 0.2) is 0 Å². The number of benzene rings is 1. The van der Waals surface area contributed by atoms with E-state index in [9.17, 15) is 10.5 Å². The summed E-state index contributed by atoms with van der Waals surface area (Å²) in [6, 6.07) is 12.7. The van der Waals surface area contributed by atoms with Crippen molar-refractivity contribution in [3.63, 3.8) is 0 Å². The lowest BCUT2D eigenvalue weighted by molar-refractivity contribution is 0.870. The maximum atomic E-state index is 9.45. The van der Waals surface area contributed by atoms with E-state index in [-0.39, 0.29) is 0 Å². The second-order valence-electron chi connectivity index (χ2n) is 6.80. The molecule has 0 saturated heterocycles. The summed E-state index contributed by atoms with van der Waals surface area (Å²) in [5.74, 6) is 1.38. The van der Waals surface area contributed by atoms with E-state index in [1.165, 1.54) is 23.5 Å². The largest absolute Gasteiger partial charge is 0.192 e. The molecule has 0 fully saturated rings. The van der Waals surface area contributed by atoms with Crippen molar-refractivity contribution in [3.8, 4) is 12.1 Å². The number of hydrogen-bond acceptors (Lipinski definition) is 8. The smallest absolute Gasteiger partial charge is 0.137 e. The molecule has 0 spiro atoms. The Kier molecular flexibility index (Phi) is 7.04. The van der Waals surface area contributed by atoms with Crippen molar-refractivity contribution in [1.29, 1.82) is 10.5 Å². The number of nitriles is 2. The second-order valence-corrected chi connectivity index (χ2v) is 8.73. The first-order chi connectivity index (χ1) is 14.4. The molecule has 0 atom stereocenters.